The van der Waals surface area contributed by atoms with E-state index in [1.54, 1.807) is 23.1 Å². The van der Waals surface area contributed by atoms with Crippen molar-refractivity contribution in [3.8, 4) is 0 Å². The van der Waals surface area contributed by atoms with Gasteiger partial charge in [-0.1, -0.05) is 23.2 Å². The molecule has 0 radical (unpaired) electrons. The number of ether oxygens (including phenoxy) is 2. The molecule has 3 aliphatic heterocycles. The van der Waals surface area contributed by atoms with E-state index in [0.29, 0.717) is 61.4 Å². The lowest BCUT2D eigenvalue weighted by Gasteiger charge is -2.38. The molecular weight excluding hydrogens is 379 g/mol. The number of piperidine rings is 1. The second kappa shape index (κ2) is 7.00. The minimum Gasteiger partial charge on any atom is -0.347 e. The van der Waals surface area contributed by atoms with Gasteiger partial charge in [0, 0.05) is 44.6 Å². The van der Waals surface area contributed by atoms with Gasteiger partial charge in [0.2, 0.25) is 11.8 Å². The lowest BCUT2D eigenvalue weighted by atomic mass is 10.0. The molecule has 4 rings (SSSR count). The Kier molecular flexibility index (Phi) is 4.86. The number of amides is 2. The zero-order valence-corrected chi connectivity index (χ0v) is 15.8. The summed E-state index contributed by atoms with van der Waals surface area (Å²) in [5.74, 6) is -0.892. The van der Waals surface area contributed by atoms with E-state index < -0.39 is 5.79 Å². The van der Waals surface area contributed by atoms with Gasteiger partial charge in [0.1, 0.15) is 0 Å². The molecule has 1 unspecified atom stereocenters. The van der Waals surface area contributed by atoms with Crippen molar-refractivity contribution in [3.05, 3.63) is 28.2 Å². The number of carbonyl (C=O) groups is 2. The lowest BCUT2D eigenvalue weighted by molar-refractivity contribution is -0.188. The maximum atomic E-state index is 12.9. The van der Waals surface area contributed by atoms with Crippen molar-refractivity contribution in [1.82, 2.24) is 4.90 Å². The summed E-state index contributed by atoms with van der Waals surface area (Å²) in [5, 5.41) is 0.831. The molecule has 2 amide bonds. The highest BCUT2D eigenvalue weighted by atomic mass is 35.5. The molecule has 26 heavy (non-hydrogen) atoms. The molecule has 1 atom stereocenters. The Hall–Kier alpha value is -1.34. The van der Waals surface area contributed by atoms with Crippen molar-refractivity contribution >= 4 is 40.7 Å². The number of anilines is 1. The summed E-state index contributed by atoms with van der Waals surface area (Å²) in [6, 6.07) is 5.07. The van der Waals surface area contributed by atoms with Gasteiger partial charge in [0.15, 0.2) is 5.79 Å². The Morgan fingerprint density at radius 2 is 1.81 bits per heavy atom. The third-order valence-electron chi connectivity index (χ3n) is 5.34. The van der Waals surface area contributed by atoms with Crippen molar-refractivity contribution in [2.45, 2.75) is 25.0 Å². The van der Waals surface area contributed by atoms with Crippen LogP contribution in [-0.4, -0.2) is 55.3 Å². The lowest BCUT2D eigenvalue weighted by Crippen LogP contribution is -2.49. The number of halogens is 2. The first kappa shape index (κ1) is 18.0. The standard InChI is InChI=1S/C18H20Cl2N2O4/c19-14-2-1-13(10-15(14)20)22-11-12(9-16(22)23)17(24)21-5-3-18(4-6-21)25-7-8-26-18/h1-2,10,12H,3-9,11H2. The van der Waals surface area contributed by atoms with Crippen LogP contribution in [0.25, 0.3) is 0 Å². The van der Waals surface area contributed by atoms with Gasteiger partial charge < -0.3 is 19.3 Å². The van der Waals surface area contributed by atoms with Crippen LogP contribution >= 0.6 is 23.2 Å². The smallest absolute Gasteiger partial charge is 0.228 e. The molecular formula is C18H20Cl2N2O4. The van der Waals surface area contributed by atoms with Gasteiger partial charge in [-0.05, 0) is 18.2 Å². The minimum absolute atomic E-state index is 0.0220. The SMILES string of the molecule is O=C(C1CC(=O)N(c2ccc(Cl)c(Cl)c2)C1)N1CCC2(CC1)OCCO2. The molecule has 140 valence electrons. The Morgan fingerprint density at radius 1 is 1.12 bits per heavy atom. The molecule has 3 fully saturated rings. The second-order valence-electron chi connectivity index (χ2n) is 6.94. The Labute approximate surface area is 161 Å². The van der Waals surface area contributed by atoms with Gasteiger partial charge in [0.05, 0.1) is 29.2 Å². The third-order valence-corrected chi connectivity index (χ3v) is 6.08. The van der Waals surface area contributed by atoms with Gasteiger partial charge in [-0.15, -0.1) is 0 Å². The van der Waals surface area contributed by atoms with Crippen LogP contribution in [0.2, 0.25) is 10.0 Å². The maximum Gasteiger partial charge on any atom is 0.228 e. The summed E-state index contributed by atoms with van der Waals surface area (Å²) in [5.41, 5.74) is 0.671. The van der Waals surface area contributed by atoms with Crippen LogP contribution < -0.4 is 4.90 Å². The molecule has 0 saturated carbocycles. The van der Waals surface area contributed by atoms with Crippen LogP contribution in [0.5, 0.6) is 0 Å². The van der Waals surface area contributed by atoms with E-state index in [1.807, 2.05) is 4.90 Å². The highest BCUT2D eigenvalue weighted by molar-refractivity contribution is 6.42. The van der Waals surface area contributed by atoms with Crippen LogP contribution in [0.4, 0.5) is 5.69 Å². The molecule has 0 N–H and O–H groups in total. The number of hydrogen-bond acceptors (Lipinski definition) is 4. The normalized spacial score (nSPS) is 25.3. The number of rotatable bonds is 2. The first-order valence-electron chi connectivity index (χ1n) is 8.80. The third kappa shape index (κ3) is 3.31. The number of benzene rings is 1. The molecule has 3 saturated heterocycles. The van der Waals surface area contributed by atoms with Crippen LogP contribution in [0.15, 0.2) is 18.2 Å². The Bertz CT molecular complexity index is 726. The van der Waals surface area contributed by atoms with Gasteiger partial charge in [0.25, 0.3) is 0 Å². The average Bonchev–Trinajstić information content (AvgIpc) is 3.25. The quantitative estimate of drug-likeness (QED) is 0.768. The molecule has 1 aromatic carbocycles. The van der Waals surface area contributed by atoms with Crippen molar-refractivity contribution in [3.63, 3.8) is 0 Å². The molecule has 6 nitrogen and oxygen atoms in total. The van der Waals surface area contributed by atoms with Gasteiger partial charge in [-0.3, -0.25) is 9.59 Å². The molecule has 0 bridgehead atoms. The number of nitrogens with zero attached hydrogens (tertiary/aromatic N) is 2. The summed E-state index contributed by atoms with van der Waals surface area (Å²) >= 11 is 12.0. The molecule has 1 aromatic rings. The summed E-state index contributed by atoms with van der Waals surface area (Å²) in [7, 11) is 0. The first-order valence-corrected chi connectivity index (χ1v) is 9.55. The van der Waals surface area contributed by atoms with E-state index in [9.17, 15) is 9.59 Å². The van der Waals surface area contributed by atoms with Crippen molar-refractivity contribution < 1.29 is 19.1 Å². The monoisotopic (exact) mass is 398 g/mol. The summed E-state index contributed by atoms with van der Waals surface area (Å²) in [4.78, 5) is 28.7. The fourth-order valence-corrected chi connectivity index (χ4v) is 4.18. The average molecular weight is 399 g/mol. The zero-order valence-electron chi connectivity index (χ0n) is 14.2. The number of carbonyl (C=O) groups excluding carboxylic acids is 2. The van der Waals surface area contributed by atoms with E-state index in [0.717, 1.165) is 0 Å². The summed E-state index contributed by atoms with van der Waals surface area (Å²) < 4.78 is 11.4. The summed E-state index contributed by atoms with van der Waals surface area (Å²) in [6.45, 7) is 2.78. The second-order valence-corrected chi connectivity index (χ2v) is 7.75. The molecule has 8 heteroatoms. The summed E-state index contributed by atoms with van der Waals surface area (Å²) in [6.07, 6.45) is 1.57. The van der Waals surface area contributed by atoms with Crippen LogP contribution in [0.1, 0.15) is 19.3 Å². The number of likely N-dealkylation sites (tertiary alicyclic amines) is 1. The van der Waals surface area contributed by atoms with Gasteiger partial charge in [-0.2, -0.15) is 0 Å². The molecule has 3 aliphatic rings. The molecule has 0 aromatic heterocycles. The van der Waals surface area contributed by atoms with Crippen molar-refractivity contribution in [2.24, 2.45) is 5.92 Å². The molecule has 3 heterocycles. The largest absolute Gasteiger partial charge is 0.347 e. The van der Waals surface area contributed by atoms with Crippen molar-refractivity contribution in [1.29, 1.82) is 0 Å². The fraction of sp³-hybridized carbons (Fsp3) is 0.556. The van der Waals surface area contributed by atoms with E-state index >= 15 is 0 Å². The highest BCUT2D eigenvalue weighted by Crippen LogP contribution is 2.34. The van der Waals surface area contributed by atoms with Gasteiger partial charge >= 0.3 is 0 Å². The highest BCUT2D eigenvalue weighted by Gasteiger charge is 2.43. The topological polar surface area (TPSA) is 59.1 Å². The predicted molar refractivity (Wildman–Crippen MR) is 97.4 cm³/mol. The fourth-order valence-electron chi connectivity index (χ4n) is 3.89. The Balaban J connectivity index is 1.40. The Morgan fingerprint density at radius 3 is 2.46 bits per heavy atom. The van der Waals surface area contributed by atoms with Crippen molar-refractivity contribution in [2.75, 3.05) is 37.7 Å². The van der Waals surface area contributed by atoms with Crippen LogP contribution in [-0.2, 0) is 19.1 Å². The van der Waals surface area contributed by atoms with E-state index in [4.69, 9.17) is 32.7 Å². The maximum absolute atomic E-state index is 12.9. The molecule has 0 aliphatic carbocycles. The van der Waals surface area contributed by atoms with Crippen LogP contribution in [0.3, 0.4) is 0 Å². The van der Waals surface area contributed by atoms with E-state index in [1.165, 1.54) is 0 Å². The predicted octanol–water partition coefficient (Wildman–Crippen LogP) is 2.71. The van der Waals surface area contributed by atoms with E-state index in [-0.39, 0.29) is 24.2 Å². The first-order chi connectivity index (χ1) is 12.5. The number of hydrogen-bond donors (Lipinski definition) is 0. The van der Waals surface area contributed by atoms with Gasteiger partial charge in [-0.25, -0.2) is 0 Å². The minimum atomic E-state index is -0.506. The zero-order chi connectivity index (χ0) is 18.3. The molecule has 1 spiro atoms. The van der Waals surface area contributed by atoms with E-state index in [2.05, 4.69) is 0 Å². The van der Waals surface area contributed by atoms with Crippen LogP contribution in [0, 0.1) is 5.92 Å².